The lowest BCUT2D eigenvalue weighted by Gasteiger charge is -2.31. The molecule has 2 aromatic heterocycles. The Labute approximate surface area is 175 Å². The highest BCUT2D eigenvalue weighted by molar-refractivity contribution is 5.82. The van der Waals surface area contributed by atoms with Gasteiger partial charge in [-0.1, -0.05) is 0 Å². The maximum Gasteiger partial charge on any atom is 0.410 e. The second kappa shape index (κ2) is 8.65. The molecule has 1 amide bonds. The average Bonchev–Trinajstić information content (AvgIpc) is 3.19. The average molecular weight is 408 g/mol. The number of aromatic nitrogens is 3. The molecule has 1 saturated heterocycles. The van der Waals surface area contributed by atoms with E-state index in [9.17, 15) is 9.18 Å². The van der Waals surface area contributed by atoms with Gasteiger partial charge in [0.05, 0.1) is 6.10 Å². The van der Waals surface area contributed by atoms with E-state index in [0.717, 1.165) is 40.9 Å². The second-order valence-corrected chi connectivity index (χ2v) is 7.80. The van der Waals surface area contributed by atoms with Gasteiger partial charge >= 0.3 is 6.09 Å². The van der Waals surface area contributed by atoms with E-state index in [1.54, 1.807) is 29.4 Å². The Morgan fingerprint density at radius 3 is 2.40 bits per heavy atom. The fourth-order valence-corrected chi connectivity index (χ4v) is 3.91. The number of piperidine rings is 1. The summed E-state index contributed by atoms with van der Waals surface area (Å²) in [5, 5.41) is 7.82. The fourth-order valence-electron chi connectivity index (χ4n) is 3.91. The number of hydrogen-bond acceptors (Lipinski definition) is 4. The minimum atomic E-state index is -0.277. The van der Waals surface area contributed by atoms with Crippen molar-refractivity contribution in [2.24, 2.45) is 0 Å². The molecule has 30 heavy (non-hydrogen) atoms. The van der Waals surface area contributed by atoms with Crippen molar-refractivity contribution in [1.29, 1.82) is 0 Å². The van der Waals surface area contributed by atoms with Crippen molar-refractivity contribution in [1.82, 2.24) is 20.1 Å². The van der Waals surface area contributed by atoms with E-state index in [1.807, 2.05) is 26.0 Å². The molecule has 4 rings (SSSR count). The number of benzene rings is 1. The number of likely N-dealkylation sites (tertiary alicyclic amines) is 1. The van der Waals surface area contributed by atoms with E-state index in [2.05, 4.69) is 15.2 Å². The number of pyridine rings is 1. The molecule has 3 aromatic rings. The van der Waals surface area contributed by atoms with Gasteiger partial charge in [-0.3, -0.25) is 10.1 Å². The largest absolute Gasteiger partial charge is 0.447 e. The Kier molecular flexibility index (Phi) is 5.79. The first-order valence-corrected chi connectivity index (χ1v) is 10.2. The Morgan fingerprint density at radius 1 is 1.10 bits per heavy atom. The number of carbonyl (C=O) groups excluding carboxylic acids is 1. The summed E-state index contributed by atoms with van der Waals surface area (Å²) in [5.74, 6) is -0.0430. The van der Waals surface area contributed by atoms with E-state index in [0.29, 0.717) is 13.1 Å². The molecule has 0 unspecified atom stereocenters. The summed E-state index contributed by atoms with van der Waals surface area (Å²) in [6, 6.07) is 10.3. The van der Waals surface area contributed by atoms with Crippen LogP contribution >= 0.6 is 0 Å². The van der Waals surface area contributed by atoms with Crippen LogP contribution in [0.1, 0.15) is 38.3 Å². The number of aromatic amines is 1. The topological polar surface area (TPSA) is 71.1 Å². The van der Waals surface area contributed by atoms with Crippen LogP contribution in [0.4, 0.5) is 9.18 Å². The summed E-state index contributed by atoms with van der Waals surface area (Å²) >= 11 is 0. The second-order valence-electron chi connectivity index (χ2n) is 7.80. The van der Waals surface area contributed by atoms with Gasteiger partial charge in [0.15, 0.2) is 0 Å². The molecule has 1 fully saturated rings. The minimum absolute atomic E-state index is 0.126. The van der Waals surface area contributed by atoms with E-state index in [-0.39, 0.29) is 23.9 Å². The van der Waals surface area contributed by atoms with Crippen molar-refractivity contribution in [3.8, 4) is 22.4 Å². The van der Waals surface area contributed by atoms with Crippen molar-refractivity contribution < 1.29 is 13.9 Å². The molecular formula is C23H25FN4O2. The van der Waals surface area contributed by atoms with Crippen molar-refractivity contribution >= 4 is 6.09 Å². The summed E-state index contributed by atoms with van der Waals surface area (Å²) in [6.45, 7) is 4.98. The minimum Gasteiger partial charge on any atom is -0.447 e. The van der Waals surface area contributed by atoms with Crippen LogP contribution in [0.3, 0.4) is 0 Å². The van der Waals surface area contributed by atoms with Crippen LogP contribution in [0.25, 0.3) is 22.4 Å². The maximum atomic E-state index is 13.4. The summed E-state index contributed by atoms with van der Waals surface area (Å²) in [4.78, 5) is 18.1. The molecule has 0 spiro atoms. The van der Waals surface area contributed by atoms with Crippen molar-refractivity contribution in [2.45, 2.75) is 38.7 Å². The van der Waals surface area contributed by atoms with Gasteiger partial charge in [-0.05, 0) is 68.7 Å². The van der Waals surface area contributed by atoms with Gasteiger partial charge in [0.25, 0.3) is 0 Å². The zero-order valence-electron chi connectivity index (χ0n) is 17.1. The van der Waals surface area contributed by atoms with Crippen LogP contribution in [-0.4, -0.2) is 45.4 Å². The van der Waals surface area contributed by atoms with Crippen LogP contribution < -0.4 is 0 Å². The summed E-state index contributed by atoms with van der Waals surface area (Å²) in [7, 11) is 0. The normalized spacial score (nSPS) is 14.9. The third-order valence-corrected chi connectivity index (χ3v) is 5.38. The lowest BCUT2D eigenvalue weighted by atomic mass is 9.88. The van der Waals surface area contributed by atoms with E-state index in [4.69, 9.17) is 4.74 Å². The third kappa shape index (κ3) is 4.20. The summed E-state index contributed by atoms with van der Waals surface area (Å²) in [6.07, 6.45) is 4.76. The third-order valence-electron chi connectivity index (χ3n) is 5.38. The highest BCUT2D eigenvalue weighted by atomic mass is 19.1. The molecular weight excluding hydrogens is 383 g/mol. The Hall–Kier alpha value is -3.22. The first-order chi connectivity index (χ1) is 14.5. The van der Waals surface area contributed by atoms with E-state index in [1.165, 1.54) is 12.1 Å². The predicted molar refractivity (Wildman–Crippen MR) is 112 cm³/mol. The molecule has 1 aliphatic heterocycles. The monoisotopic (exact) mass is 408 g/mol. The van der Waals surface area contributed by atoms with Crippen molar-refractivity contribution in [3.05, 3.63) is 60.3 Å². The number of rotatable bonds is 4. The SMILES string of the molecule is CC(C)OC(=O)N1CCC(c2[nH]nc(-c3ccc(F)cc3)c2-c2ccncc2)CC1. The van der Waals surface area contributed by atoms with E-state index < -0.39 is 0 Å². The van der Waals surface area contributed by atoms with Gasteiger partial charge in [0, 0.05) is 48.2 Å². The number of nitrogens with zero attached hydrogens (tertiary/aromatic N) is 3. The van der Waals surface area contributed by atoms with Crippen molar-refractivity contribution in [3.63, 3.8) is 0 Å². The molecule has 0 atom stereocenters. The van der Waals surface area contributed by atoms with Crippen LogP contribution in [-0.2, 0) is 4.74 Å². The zero-order chi connectivity index (χ0) is 21.1. The molecule has 0 saturated carbocycles. The molecule has 3 heterocycles. The summed E-state index contributed by atoms with van der Waals surface area (Å²) < 4.78 is 18.7. The van der Waals surface area contributed by atoms with Crippen LogP contribution in [0, 0.1) is 5.82 Å². The number of H-pyrrole nitrogens is 1. The van der Waals surface area contributed by atoms with Gasteiger partial charge in [-0.2, -0.15) is 5.10 Å². The van der Waals surface area contributed by atoms with Gasteiger partial charge < -0.3 is 9.64 Å². The quantitative estimate of drug-likeness (QED) is 0.659. The molecule has 156 valence electrons. The molecule has 1 N–H and O–H groups in total. The highest BCUT2D eigenvalue weighted by Gasteiger charge is 2.29. The lowest BCUT2D eigenvalue weighted by Crippen LogP contribution is -2.39. The maximum absolute atomic E-state index is 13.4. The molecule has 0 bridgehead atoms. The zero-order valence-corrected chi connectivity index (χ0v) is 17.1. The Balaban J connectivity index is 1.63. The van der Waals surface area contributed by atoms with Gasteiger partial charge in [-0.25, -0.2) is 9.18 Å². The van der Waals surface area contributed by atoms with Crippen molar-refractivity contribution in [2.75, 3.05) is 13.1 Å². The first-order valence-electron chi connectivity index (χ1n) is 10.2. The standard InChI is InChI=1S/C23H25FN4O2/c1-15(2)30-23(29)28-13-9-18(10-14-28)22-20(16-7-11-25-12-8-16)21(26-27-22)17-3-5-19(24)6-4-17/h3-8,11-12,15,18H,9-10,13-14H2,1-2H3,(H,26,27). The highest BCUT2D eigenvalue weighted by Crippen LogP contribution is 2.39. The van der Waals surface area contributed by atoms with Gasteiger partial charge in [0.2, 0.25) is 0 Å². The molecule has 1 aliphatic rings. The van der Waals surface area contributed by atoms with E-state index >= 15 is 0 Å². The Morgan fingerprint density at radius 2 is 1.77 bits per heavy atom. The number of amides is 1. The molecule has 6 nitrogen and oxygen atoms in total. The van der Waals surface area contributed by atoms with Gasteiger partial charge in [0.1, 0.15) is 11.5 Å². The fraction of sp³-hybridized carbons (Fsp3) is 0.348. The number of ether oxygens (including phenoxy) is 1. The first kappa shape index (κ1) is 20.1. The van der Waals surface area contributed by atoms with Crippen LogP contribution in [0.2, 0.25) is 0 Å². The molecule has 0 radical (unpaired) electrons. The van der Waals surface area contributed by atoms with Gasteiger partial charge in [-0.15, -0.1) is 0 Å². The number of hydrogen-bond donors (Lipinski definition) is 1. The predicted octanol–water partition coefficient (Wildman–Crippen LogP) is 5.00. The number of carbonyl (C=O) groups is 1. The lowest BCUT2D eigenvalue weighted by molar-refractivity contribution is 0.0690. The molecule has 7 heteroatoms. The van der Waals surface area contributed by atoms with Crippen LogP contribution in [0.15, 0.2) is 48.8 Å². The summed E-state index contributed by atoms with van der Waals surface area (Å²) in [5.41, 5.74) is 4.70. The molecule has 1 aromatic carbocycles. The van der Waals surface area contributed by atoms with Crippen LogP contribution in [0.5, 0.6) is 0 Å². The Bertz CT molecular complexity index is 994. The number of halogens is 1. The molecule has 0 aliphatic carbocycles. The smallest absolute Gasteiger partial charge is 0.410 e. The number of nitrogens with one attached hydrogen (secondary N) is 1.